The Hall–Kier alpha value is -2.89. The fraction of sp³-hybridized carbons (Fsp3) is 0.435. The Labute approximate surface area is 172 Å². The summed E-state index contributed by atoms with van der Waals surface area (Å²) in [5, 5.41) is 4.46. The zero-order valence-electron chi connectivity index (χ0n) is 17.7. The van der Waals surface area contributed by atoms with Crippen molar-refractivity contribution < 1.29 is 4.79 Å². The van der Waals surface area contributed by atoms with Gasteiger partial charge >= 0.3 is 0 Å². The number of carbonyl (C=O) groups excluding carboxylic acids is 1. The van der Waals surface area contributed by atoms with E-state index >= 15 is 0 Å². The molecule has 3 aromatic rings. The minimum Gasteiger partial charge on any atom is -0.341 e. The normalized spacial score (nSPS) is 16.6. The SMILES string of the molecule is Cc1nn(C)c(C)c1CCC(=O)N1CCC(n2c(C)cnc2-c2ccccc2)C1. The van der Waals surface area contributed by atoms with Crippen LogP contribution in [0.1, 0.15) is 41.5 Å². The molecule has 3 heterocycles. The van der Waals surface area contributed by atoms with Gasteiger partial charge in [0, 0.05) is 49.7 Å². The summed E-state index contributed by atoms with van der Waals surface area (Å²) < 4.78 is 4.20. The zero-order valence-corrected chi connectivity index (χ0v) is 17.7. The van der Waals surface area contributed by atoms with E-state index in [-0.39, 0.29) is 11.9 Å². The largest absolute Gasteiger partial charge is 0.341 e. The molecular formula is C23H29N5O. The fourth-order valence-electron chi connectivity index (χ4n) is 4.46. The zero-order chi connectivity index (χ0) is 20.5. The van der Waals surface area contributed by atoms with Crippen LogP contribution in [0.4, 0.5) is 0 Å². The highest BCUT2D eigenvalue weighted by atomic mass is 16.2. The molecule has 0 aliphatic carbocycles. The number of carbonyl (C=O) groups is 1. The van der Waals surface area contributed by atoms with Gasteiger partial charge in [-0.3, -0.25) is 9.48 Å². The van der Waals surface area contributed by atoms with Crippen LogP contribution in [0.3, 0.4) is 0 Å². The number of hydrogen-bond acceptors (Lipinski definition) is 3. The Balaban J connectivity index is 1.45. The van der Waals surface area contributed by atoms with E-state index in [4.69, 9.17) is 0 Å². The molecule has 29 heavy (non-hydrogen) atoms. The van der Waals surface area contributed by atoms with Crippen LogP contribution in [-0.2, 0) is 18.3 Å². The van der Waals surface area contributed by atoms with Gasteiger partial charge in [0.2, 0.25) is 5.91 Å². The predicted octanol–water partition coefficient (Wildman–Crippen LogP) is 3.62. The smallest absolute Gasteiger partial charge is 0.222 e. The van der Waals surface area contributed by atoms with Gasteiger partial charge in [0.25, 0.3) is 0 Å². The lowest BCUT2D eigenvalue weighted by atomic mass is 10.1. The van der Waals surface area contributed by atoms with Gasteiger partial charge in [-0.15, -0.1) is 0 Å². The average Bonchev–Trinajstić information content (AvgIpc) is 3.40. The maximum absolute atomic E-state index is 12.9. The van der Waals surface area contributed by atoms with Gasteiger partial charge in [-0.05, 0) is 39.2 Å². The van der Waals surface area contributed by atoms with Gasteiger partial charge in [0.05, 0.1) is 11.7 Å². The molecule has 0 N–H and O–H groups in total. The third-order valence-electron chi connectivity index (χ3n) is 6.14. The Morgan fingerprint density at radius 2 is 1.93 bits per heavy atom. The van der Waals surface area contributed by atoms with Crippen molar-refractivity contribution in [1.29, 1.82) is 0 Å². The number of aryl methyl sites for hydroxylation is 3. The first-order valence-electron chi connectivity index (χ1n) is 10.3. The van der Waals surface area contributed by atoms with Crippen molar-refractivity contribution in [3.8, 4) is 11.4 Å². The van der Waals surface area contributed by atoms with Gasteiger partial charge in [0.1, 0.15) is 5.82 Å². The van der Waals surface area contributed by atoms with Gasteiger partial charge < -0.3 is 9.47 Å². The number of rotatable bonds is 5. The number of nitrogens with zero attached hydrogens (tertiary/aromatic N) is 5. The van der Waals surface area contributed by atoms with E-state index in [0.29, 0.717) is 6.42 Å². The van der Waals surface area contributed by atoms with E-state index in [1.54, 1.807) is 0 Å². The third kappa shape index (κ3) is 3.71. The van der Waals surface area contributed by atoms with Crippen LogP contribution in [0.2, 0.25) is 0 Å². The van der Waals surface area contributed by atoms with E-state index < -0.39 is 0 Å². The molecule has 1 saturated heterocycles. The molecule has 1 aromatic carbocycles. The summed E-state index contributed by atoms with van der Waals surface area (Å²) in [5.74, 6) is 1.22. The molecule has 1 aliphatic rings. The fourth-order valence-corrected chi connectivity index (χ4v) is 4.46. The van der Waals surface area contributed by atoms with Crippen LogP contribution >= 0.6 is 0 Å². The molecule has 152 valence electrons. The number of hydrogen-bond donors (Lipinski definition) is 0. The maximum Gasteiger partial charge on any atom is 0.222 e. The topological polar surface area (TPSA) is 56.0 Å². The highest BCUT2D eigenvalue weighted by molar-refractivity contribution is 5.77. The predicted molar refractivity (Wildman–Crippen MR) is 114 cm³/mol. The first kappa shape index (κ1) is 19.4. The van der Waals surface area contributed by atoms with E-state index in [2.05, 4.69) is 40.6 Å². The molecule has 4 rings (SSSR count). The molecule has 2 aromatic heterocycles. The summed E-state index contributed by atoms with van der Waals surface area (Å²) in [6, 6.07) is 10.6. The average molecular weight is 392 g/mol. The Kier molecular flexibility index (Phi) is 5.26. The summed E-state index contributed by atoms with van der Waals surface area (Å²) in [6.07, 6.45) is 4.19. The Bertz CT molecular complexity index is 1020. The Morgan fingerprint density at radius 3 is 2.62 bits per heavy atom. The van der Waals surface area contributed by atoms with Gasteiger partial charge in [-0.25, -0.2) is 4.98 Å². The van der Waals surface area contributed by atoms with E-state index in [9.17, 15) is 4.79 Å². The van der Waals surface area contributed by atoms with Crippen molar-refractivity contribution in [3.63, 3.8) is 0 Å². The standard InChI is InChI=1S/C23H29N5O/c1-16-14-24-23(19-8-6-5-7-9-19)28(16)20-12-13-27(15-20)22(29)11-10-21-17(2)25-26(4)18(21)3/h5-9,14,20H,10-13,15H2,1-4H3. The summed E-state index contributed by atoms with van der Waals surface area (Å²) in [7, 11) is 1.95. The molecule has 0 radical (unpaired) electrons. The van der Waals surface area contributed by atoms with Crippen LogP contribution < -0.4 is 0 Å². The van der Waals surface area contributed by atoms with Crippen LogP contribution in [0.5, 0.6) is 0 Å². The summed E-state index contributed by atoms with van der Waals surface area (Å²) in [4.78, 5) is 19.5. The summed E-state index contributed by atoms with van der Waals surface area (Å²) >= 11 is 0. The molecule has 1 unspecified atom stereocenters. The molecular weight excluding hydrogens is 362 g/mol. The van der Waals surface area contributed by atoms with Crippen molar-refractivity contribution in [2.24, 2.45) is 7.05 Å². The lowest BCUT2D eigenvalue weighted by Crippen LogP contribution is -2.29. The first-order chi connectivity index (χ1) is 14.0. The van der Waals surface area contributed by atoms with Crippen molar-refractivity contribution in [3.05, 3.63) is 59.2 Å². The minimum absolute atomic E-state index is 0.231. The molecule has 0 bridgehead atoms. The van der Waals surface area contributed by atoms with Crippen LogP contribution in [0.25, 0.3) is 11.4 Å². The molecule has 1 atom stereocenters. The van der Waals surface area contributed by atoms with E-state index in [0.717, 1.165) is 54.4 Å². The molecule has 0 spiro atoms. The second kappa shape index (κ2) is 7.85. The third-order valence-corrected chi connectivity index (χ3v) is 6.14. The van der Waals surface area contributed by atoms with Crippen LogP contribution in [0.15, 0.2) is 36.5 Å². The van der Waals surface area contributed by atoms with E-state index in [1.807, 2.05) is 47.9 Å². The quantitative estimate of drug-likeness (QED) is 0.668. The molecule has 6 nitrogen and oxygen atoms in total. The second-order valence-corrected chi connectivity index (χ2v) is 8.01. The van der Waals surface area contributed by atoms with Gasteiger partial charge in [-0.2, -0.15) is 5.10 Å². The molecule has 1 amide bonds. The molecule has 1 aliphatic heterocycles. The maximum atomic E-state index is 12.9. The lowest BCUT2D eigenvalue weighted by Gasteiger charge is -2.20. The second-order valence-electron chi connectivity index (χ2n) is 8.01. The molecule has 1 fully saturated rings. The molecule has 6 heteroatoms. The van der Waals surface area contributed by atoms with Gasteiger partial charge in [-0.1, -0.05) is 30.3 Å². The summed E-state index contributed by atoms with van der Waals surface area (Å²) in [6.45, 7) is 7.74. The Morgan fingerprint density at radius 1 is 1.17 bits per heavy atom. The van der Waals surface area contributed by atoms with Crippen molar-refractivity contribution in [2.45, 2.75) is 46.1 Å². The first-order valence-corrected chi connectivity index (χ1v) is 10.3. The number of amides is 1. The number of imidazole rings is 1. The minimum atomic E-state index is 0.231. The number of aromatic nitrogens is 4. The van der Waals surface area contributed by atoms with Gasteiger partial charge in [0.15, 0.2) is 0 Å². The number of likely N-dealkylation sites (tertiary alicyclic amines) is 1. The van der Waals surface area contributed by atoms with Crippen LogP contribution in [-0.4, -0.2) is 43.2 Å². The highest BCUT2D eigenvalue weighted by Crippen LogP contribution is 2.30. The monoisotopic (exact) mass is 391 g/mol. The van der Waals surface area contributed by atoms with Crippen molar-refractivity contribution >= 4 is 5.91 Å². The lowest BCUT2D eigenvalue weighted by molar-refractivity contribution is -0.130. The summed E-state index contributed by atoms with van der Waals surface area (Å²) in [5.41, 5.74) is 5.64. The van der Waals surface area contributed by atoms with Crippen LogP contribution in [0, 0.1) is 20.8 Å². The molecule has 0 saturated carbocycles. The highest BCUT2D eigenvalue weighted by Gasteiger charge is 2.29. The van der Waals surface area contributed by atoms with Crippen molar-refractivity contribution in [2.75, 3.05) is 13.1 Å². The van der Waals surface area contributed by atoms with E-state index in [1.165, 1.54) is 5.56 Å². The van der Waals surface area contributed by atoms with Crippen molar-refractivity contribution in [1.82, 2.24) is 24.2 Å². The number of benzene rings is 1.